The number of carbonyl (C=O) groups is 1. The van der Waals surface area contributed by atoms with Crippen LogP contribution in [0.15, 0.2) is 12.2 Å². The lowest BCUT2D eigenvalue weighted by Gasteiger charge is -1.68. The molecule has 0 bridgehead atoms. The van der Waals surface area contributed by atoms with Crippen molar-refractivity contribution in [3.05, 3.63) is 12.2 Å². The van der Waals surface area contributed by atoms with Crippen LogP contribution in [0.1, 0.15) is 6.92 Å². The molecule has 3 nitrogen and oxygen atoms in total. The average Bonchev–Trinajstić information content (AvgIpc) is 1.72. The van der Waals surface area contributed by atoms with Crippen molar-refractivity contribution in [2.45, 2.75) is 6.92 Å². The Labute approximate surface area is 48.8 Å². The van der Waals surface area contributed by atoms with Crippen LogP contribution in [0.5, 0.6) is 0 Å². The summed E-state index contributed by atoms with van der Waals surface area (Å²) in [7, 11) is 1.50. The van der Waals surface area contributed by atoms with Gasteiger partial charge in [-0.2, -0.15) is 0 Å². The summed E-state index contributed by atoms with van der Waals surface area (Å²) in [5.74, 6) is -0.891. The molecule has 48 valence electrons. The highest BCUT2D eigenvalue weighted by molar-refractivity contribution is 5.79. The molecular weight excluding hydrogens is 106 g/mol. The molecule has 0 amide bonds. The molecular formula is C5H11NO2. The summed E-state index contributed by atoms with van der Waals surface area (Å²) < 4.78 is 0. The Bertz CT molecular complexity index is 78.5. The summed E-state index contributed by atoms with van der Waals surface area (Å²) in [5, 5.41) is 7.83. The number of allylic oxidation sites excluding steroid dienone is 1. The predicted molar refractivity (Wildman–Crippen MR) is 32.6 cm³/mol. The van der Waals surface area contributed by atoms with E-state index in [4.69, 9.17) is 5.11 Å². The first-order valence-corrected chi connectivity index (χ1v) is 2.20. The zero-order valence-corrected chi connectivity index (χ0v) is 5.09. The molecule has 0 aliphatic heterocycles. The fourth-order valence-electron chi connectivity index (χ4n) is 0.143. The molecule has 0 aromatic carbocycles. The normalized spacial score (nSPS) is 7.88. The first-order valence-electron chi connectivity index (χ1n) is 2.20. The van der Waals surface area contributed by atoms with Crippen LogP contribution in [0.4, 0.5) is 0 Å². The van der Waals surface area contributed by atoms with Crippen molar-refractivity contribution in [2.75, 3.05) is 7.05 Å². The summed E-state index contributed by atoms with van der Waals surface area (Å²) in [6.07, 6.45) is 2.56. The molecule has 0 unspecified atom stereocenters. The van der Waals surface area contributed by atoms with Crippen LogP contribution in [-0.2, 0) is 4.79 Å². The van der Waals surface area contributed by atoms with Gasteiger partial charge < -0.3 is 10.8 Å². The first kappa shape index (κ1) is 10.2. The fourth-order valence-corrected chi connectivity index (χ4v) is 0.143. The minimum absolute atomic E-state index is 0.891. The number of carboxylic acid groups (broad SMARTS) is 1. The minimum atomic E-state index is -0.891. The topological polar surface area (TPSA) is 63.3 Å². The Morgan fingerprint density at radius 1 is 1.62 bits per heavy atom. The third-order valence-electron chi connectivity index (χ3n) is 0.309. The number of hydrogen-bond acceptors (Lipinski definition) is 2. The zero-order chi connectivity index (χ0) is 6.99. The van der Waals surface area contributed by atoms with Gasteiger partial charge in [-0.3, -0.25) is 0 Å². The second-order valence-electron chi connectivity index (χ2n) is 0.838. The van der Waals surface area contributed by atoms with E-state index in [-0.39, 0.29) is 0 Å². The van der Waals surface area contributed by atoms with Crippen LogP contribution in [0.3, 0.4) is 0 Å². The quantitative estimate of drug-likeness (QED) is 0.483. The van der Waals surface area contributed by atoms with E-state index in [1.54, 1.807) is 6.92 Å². The van der Waals surface area contributed by atoms with Crippen molar-refractivity contribution in [3.63, 3.8) is 0 Å². The lowest BCUT2D eigenvalue weighted by Crippen LogP contribution is -1.83. The minimum Gasteiger partial charge on any atom is -0.478 e. The van der Waals surface area contributed by atoms with Crippen molar-refractivity contribution >= 4 is 5.97 Å². The van der Waals surface area contributed by atoms with Crippen LogP contribution in [-0.4, -0.2) is 18.1 Å². The lowest BCUT2D eigenvalue weighted by molar-refractivity contribution is -0.131. The molecule has 0 rings (SSSR count). The van der Waals surface area contributed by atoms with E-state index in [0.29, 0.717) is 0 Å². The maximum atomic E-state index is 9.51. The van der Waals surface area contributed by atoms with Crippen molar-refractivity contribution in [1.29, 1.82) is 0 Å². The highest BCUT2D eigenvalue weighted by Crippen LogP contribution is 1.65. The molecule has 0 aliphatic rings. The number of hydrogen-bond donors (Lipinski definition) is 2. The number of rotatable bonds is 1. The summed E-state index contributed by atoms with van der Waals surface area (Å²) >= 11 is 0. The molecule has 0 aromatic heterocycles. The van der Waals surface area contributed by atoms with Crippen molar-refractivity contribution < 1.29 is 9.90 Å². The van der Waals surface area contributed by atoms with Crippen LogP contribution in [0.2, 0.25) is 0 Å². The molecule has 3 heteroatoms. The molecule has 8 heavy (non-hydrogen) atoms. The molecule has 0 saturated heterocycles. The van der Waals surface area contributed by atoms with Gasteiger partial charge in [-0.05, 0) is 14.0 Å². The van der Waals surface area contributed by atoms with E-state index in [9.17, 15) is 4.79 Å². The van der Waals surface area contributed by atoms with Crippen LogP contribution in [0.25, 0.3) is 0 Å². The van der Waals surface area contributed by atoms with Gasteiger partial charge in [-0.25, -0.2) is 4.79 Å². The van der Waals surface area contributed by atoms with Gasteiger partial charge in [-0.1, -0.05) is 6.08 Å². The Morgan fingerprint density at radius 3 is 2.00 bits per heavy atom. The molecule has 0 heterocycles. The summed E-state index contributed by atoms with van der Waals surface area (Å²) in [5.41, 5.74) is 4.50. The zero-order valence-electron chi connectivity index (χ0n) is 5.09. The van der Waals surface area contributed by atoms with Crippen LogP contribution in [0, 0.1) is 0 Å². The van der Waals surface area contributed by atoms with Gasteiger partial charge >= 0.3 is 5.97 Å². The largest absolute Gasteiger partial charge is 0.478 e. The highest BCUT2D eigenvalue weighted by atomic mass is 16.4. The molecule has 0 spiro atoms. The molecule has 0 atom stereocenters. The number of nitrogens with two attached hydrogens (primary N) is 1. The maximum Gasteiger partial charge on any atom is 0.327 e. The molecule has 0 radical (unpaired) electrons. The van der Waals surface area contributed by atoms with Crippen molar-refractivity contribution in [3.8, 4) is 0 Å². The lowest BCUT2D eigenvalue weighted by atomic mass is 10.5. The standard InChI is InChI=1S/C4H6O2.CH5N/c1-2-3-4(5)6;1-2/h2-3H,1H3,(H,5,6);2H2,1H3. The Kier molecular flexibility index (Phi) is 12.1. The van der Waals surface area contributed by atoms with Crippen LogP contribution >= 0.6 is 0 Å². The van der Waals surface area contributed by atoms with Gasteiger partial charge in [0.25, 0.3) is 0 Å². The SMILES string of the molecule is CC=CC(=O)O.CN. The van der Waals surface area contributed by atoms with Gasteiger partial charge in [-0.15, -0.1) is 0 Å². The van der Waals surface area contributed by atoms with Crippen LogP contribution < -0.4 is 5.73 Å². The van der Waals surface area contributed by atoms with Gasteiger partial charge in [0, 0.05) is 6.08 Å². The van der Waals surface area contributed by atoms with E-state index in [2.05, 4.69) is 5.73 Å². The first-order chi connectivity index (χ1) is 3.77. The summed E-state index contributed by atoms with van der Waals surface area (Å²) in [6, 6.07) is 0. The van der Waals surface area contributed by atoms with E-state index >= 15 is 0 Å². The second kappa shape index (κ2) is 9.48. The molecule has 0 saturated carbocycles. The fraction of sp³-hybridized carbons (Fsp3) is 0.400. The molecule has 0 aromatic rings. The van der Waals surface area contributed by atoms with Crippen molar-refractivity contribution in [1.82, 2.24) is 0 Å². The molecule has 0 fully saturated rings. The van der Waals surface area contributed by atoms with E-state index < -0.39 is 5.97 Å². The number of carboxylic acids is 1. The molecule has 0 aliphatic carbocycles. The monoisotopic (exact) mass is 117 g/mol. The summed E-state index contributed by atoms with van der Waals surface area (Å²) in [4.78, 5) is 9.51. The third kappa shape index (κ3) is 19.1. The third-order valence-corrected chi connectivity index (χ3v) is 0.309. The smallest absolute Gasteiger partial charge is 0.327 e. The Hall–Kier alpha value is -0.830. The van der Waals surface area contributed by atoms with Gasteiger partial charge in [0.15, 0.2) is 0 Å². The van der Waals surface area contributed by atoms with Gasteiger partial charge in [0.05, 0.1) is 0 Å². The predicted octanol–water partition coefficient (Wildman–Crippen LogP) is 0.222. The number of aliphatic carboxylic acids is 1. The maximum absolute atomic E-state index is 9.51. The van der Waals surface area contributed by atoms with Crippen molar-refractivity contribution in [2.24, 2.45) is 5.73 Å². The van der Waals surface area contributed by atoms with E-state index in [1.165, 1.54) is 13.1 Å². The van der Waals surface area contributed by atoms with E-state index in [1.807, 2.05) is 0 Å². The van der Waals surface area contributed by atoms with Gasteiger partial charge in [0.2, 0.25) is 0 Å². The highest BCUT2D eigenvalue weighted by Gasteiger charge is 1.76. The molecule has 3 N–H and O–H groups in total. The average molecular weight is 117 g/mol. The Balaban J connectivity index is 0. The Morgan fingerprint density at radius 2 is 2.00 bits per heavy atom. The summed E-state index contributed by atoms with van der Waals surface area (Å²) in [6.45, 7) is 1.66. The second-order valence-corrected chi connectivity index (χ2v) is 0.838. The van der Waals surface area contributed by atoms with E-state index in [0.717, 1.165) is 6.08 Å². The van der Waals surface area contributed by atoms with Gasteiger partial charge in [0.1, 0.15) is 0 Å².